The van der Waals surface area contributed by atoms with Crippen LogP contribution in [0.2, 0.25) is 0 Å². The number of hydrogen-bond donors (Lipinski definition) is 3. The Morgan fingerprint density at radius 2 is 1.73 bits per heavy atom. The average Bonchev–Trinajstić information content (AvgIpc) is 3.70. The third-order valence-corrected chi connectivity index (χ3v) is 8.45. The lowest BCUT2D eigenvalue weighted by atomic mass is 9.81. The molecule has 0 bridgehead atoms. The number of methoxy groups -OCH3 is 1. The number of amides is 2. The van der Waals surface area contributed by atoms with Crippen LogP contribution in [0.4, 0.5) is 17.6 Å². The number of alkyl halides is 3. The maximum absolute atomic E-state index is 14.9. The molecule has 0 fully saturated rings. The van der Waals surface area contributed by atoms with E-state index in [0.717, 1.165) is 18.2 Å². The Labute approximate surface area is 277 Å². The minimum absolute atomic E-state index is 0.0403. The van der Waals surface area contributed by atoms with Gasteiger partial charge in [-0.2, -0.15) is 18.3 Å². The van der Waals surface area contributed by atoms with Gasteiger partial charge in [-0.1, -0.05) is 30.3 Å². The Bertz CT molecular complexity index is 2050. The van der Waals surface area contributed by atoms with Crippen LogP contribution < -0.4 is 20.5 Å². The van der Waals surface area contributed by atoms with E-state index in [-0.39, 0.29) is 40.4 Å². The third-order valence-electron chi connectivity index (χ3n) is 8.45. The van der Waals surface area contributed by atoms with Crippen LogP contribution in [-0.2, 0) is 15.8 Å². The lowest BCUT2D eigenvalue weighted by Gasteiger charge is -2.31. The Kier molecular flexibility index (Phi) is 8.36. The number of para-hydroxylation sites is 1. The second kappa shape index (κ2) is 12.4. The van der Waals surface area contributed by atoms with E-state index < -0.39 is 47.1 Å². The summed E-state index contributed by atoms with van der Waals surface area (Å²) in [7, 11) is 1.46. The molecular formula is C35H29F4N5O5. The van der Waals surface area contributed by atoms with Gasteiger partial charge in [0, 0.05) is 22.9 Å². The summed E-state index contributed by atoms with van der Waals surface area (Å²) in [6.45, 7) is -0.304. The summed E-state index contributed by atoms with van der Waals surface area (Å²) in [4.78, 5) is 30.4. The van der Waals surface area contributed by atoms with Gasteiger partial charge >= 0.3 is 6.18 Å². The molecule has 2 amide bonds. The SMILES string of the molecule is COc1cccc(-c2nn(-c3ccccc3)cc2C(=O)NC[C@](O)(c2cc3c(c(-c4ccc(F)cc4)n2)OC[C@]3(C)C(N)=O)C(F)(F)F)c1. The van der Waals surface area contributed by atoms with Crippen molar-refractivity contribution >= 4 is 11.8 Å². The number of carbonyl (C=O) groups excluding carboxylic acids is 2. The van der Waals surface area contributed by atoms with Crippen molar-refractivity contribution in [3.8, 4) is 39.7 Å². The molecule has 1 aliphatic heterocycles. The molecule has 3 aromatic carbocycles. The van der Waals surface area contributed by atoms with Crippen LogP contribution in [0.25, 0.3) is 28.2 Å². The van der Waals surface area contributed by atoms with Gasteiger partial charge in [-0.15, -0.1) is 0 Å². The predicted molar refractivity (Wildman–Crippen MR) is 170 cm³/mol. The van der Waals surface area contributed by atoms with Crippen molar-refractivity contribution in [1.82, 2.24) is 20.1 Å². The lowest BCUT2D eigenvalue weighted by Crippen LogP contribution is -2.51. The summed E-state index contributed by atoms with van der Waals surface area (Å²) >= 11 is 0. The van der Waals surface area contributed by atoms with Gasteiger partial charge in [0.1, 0.15) is 40.7 Å². The zero-order chi connectivity index (χ0) is 35.1. The molecule has 10 nitrogen and oxygen atoms in total. The van der Waals surface area contributed by atoms with E-state index in [1.165, 1.54) is 37.0 Å². The monoisotopic (exact) mass is 675 g/mol. The minimum Gasteiger partial charge on any atom is -0.497 e. The van der Waals surface area contributed by atoms with Gasteiger partial charge in [0.05, 0.1) is 30.6 Å². The van der Waals surface area contributed by atoms with E-state index in [1.807, 2.05) is 0 Å². The zero-order valence-corrected chi connectivity index (χ0v) is 26.1. The Morgan fingerprint density at radius 1 is 1.02 bits per heavy atom. The largest absolute Gasteiger partial charge is 0.497 e. The molecule has 14 heteroatoms. The first-order valence-electron chi connectivity index (χ1n) is 14.9. The Morgan fingerprint density at radius 3 is 2.39 bits per heavy atom. The lowest BCUT2D eigenvalue weighted by molar-refractivity contribution is -0.265. The van der Waals surface area contributed by atoms with Gasteiger partial charge < -0.3 is 25.6 Å². The second-order valence-corrected chi connectivity index (χ2v) is 11.7. The van der Waals surface area contributed by atoms with Gasteiger partial charge in [-0.05, 0) is 61.5 Å². The van der Waals surface area contributed by atoms with E-state index in [4.69, 9.17) is 15.2 Å². The van der Waals surface area contributed by atoms with Crippen LogP contribution in [0.5, 0.6) is 11.5 Å². The molecule has 3 heterocycles. The maximum atomic E-state index is 14.9. The number of carbonyl (C=O) groups is 2. The molecule has 2 aromatic heterocycles. The van der Waals surface area contributed by atoms with Crippen molar-refractivity contribution in [2.24, 2.45) is 5.73 Å². The van der Waals surface area contributed by atoms with Gasteiger partial charge in [0.25, 0.3) is 5.91 Å². The molecule has 2 atom stereocenters. The van der Waals surface area contributed by atoms with Crippen molar-refractivity contribution in [3.63, 3.8) is 0 Å². The molecule has 49 heavy (non-hydrogen) atoms. The summed E-state index contributed by atoms with van der Waals surface area (Å²) in [5, 5.41) is 18.2. The summed E-state index contributed by atoms with van der Waals surface area (Å²) in [6.07, 6.45) is -4.03. The molecule has 6 rings (SSSR count). The van der Waals surface area contributed by atoms with Gasteiger partial charge in [-0.25, -0.2) is 14.1 Å². The van der Waals surface area contributed by atoms with Crippen LogP contribution in [0.3, 0.4) is 0 Å². The fourth-order valence-electron chi connectivity index (χ4n) is 5.48. The fraction of sp³-hybridized carbons (Fsp3) is 0.200. The number of aromatic nitrogens is 3. The summed E-state index contributed by atoms with van der Waals surface area (Å²) < 4.78 is 71.0. The highest BCUT2D eigenvalue weighted by molar-refractivity contribution is 6.00. The number of benzene rings is 3. The molecule has 1 aliphatic rings. The number of aliphatic hydroxyl groups is 1. The number of rotatable bonds is 9. The molecule has 0 saturated heterocycles. The first kappa shape index (κ1) is 33.2. The first-order valence-corrected chi connectivity index (χ1v) is 14.9. The smallest absolute Gasteiger partial charge is 0.424 e. The highest BCUT2D eigenvalue weighted by Gasteiger charge is 2.57. The molecule has 0 radical (unpaired) electrons. The van der Waals surface area contributed by atoms with Gasteiger partial charge in [0.15, 0.2) is 0 Å². The van der Waals surface area contributed by atoms with E-state index >= 15 is 0 Å². The molecule has 5 aromatic rings. The first-order chi connectivity index (χ1) is 23.2. The van der Waals surface area contributed by atoms with Crippen molar-refractivity contribution in [3.05, 3.63) is 114 Å². The minimum atomic E-state index is -5.39. The number of primary amides is 1. The van der Waals surface area contributed by atoms with E-state index in [0.29, 0.717) is 17.0 Å². The quantitative estimate of drug-likeness (QED) is 0.186. The fourth-order valence-corrected chi connectivity index (χ4v) is 5.48. The van der Waals surface area contributed by atoms with Crippen LogP contribution in [0, 0.1) is 5.82 Å². The number of ether oxygens (including phenoxy) is 2. The Hall–Kier alpha value is -5.76. The average molecular weight is 676 g/mol. The summed E-state index contributed by atoms with van der Waals surface area (Å²) in [5.74, 6) is -2.07. The highest BCUT2D eigenvalue weighted by Crippen LogP contribution is 2.47. The molecule has 0 unspecified atom stereocenters. The third kappa shape index (κ3) is 5.95. The number of nitrogens with zero attached hydrogens (tertiary/aromatic N) is 3. The van der Waals surface area contributed by atoms with E-state index in [9.17, 15) is 32.3 Å². The zero-order valence-electron chi connectivity index (χ0n) is 26.1. The Balaban J connectivity index is 1.43. The van der Waals surface area contributed by atoms with Crippen LogP contribution >= 0.6 is 0 Å². The van der Waals surface area contributed by atoms with E-state index in [2.05, 4.69) is 15.4 Å². The number of fused-ring (bicyclic) bond motifs is 1. The summed E-state index contributed by atoms with van der Waals surface area (Å²) in [6, 6.07) is 21.0. The highest BCUT2D eigenvalue weighted by atomic mass is 19.4. The predicted octanol–water partition coefficient (Wildman–Crippen LogP) is 5.06. The number of halogens is 4. The topological polar surface area (TPSA) is 142 Å². The van der Waals surface area contributed by atoms with Crippen molar-refractivity contribution in [2.75, 3.05) is 20.3 Å². The molecule has 0 spiro atoms. The molecule has 252 valence electrons. The van der Waals surface area contributed by atoms with Crippen LogP contribution in [0.15, 0.2) is 91.1 Å². The second-order valence-electron chi connectivity index (χ2n) is 11.7. The van der Waals surface area contributed by atoms with E-state index in [1.54, 1.807) is 54.6 Å². The molecule has 4 N–H and O–H groups in total. The molecule has 0 saturated carbocycles. The van der Waals surface area contributed by atoms with Crippen molar-refractivity contribution < 1.29 is 41.7 Å². The van der Waals surface area contributed by atoms with Crippen LogP contribution in [0.1, 0.15) is 28.5 Å². The van der Waals surface area contributed by atoms with Crippen LogP contribution in [-0.4, -0.2) is 58.1 Å². The maximum Gasteiger partial charge on any atom is 0.424 e. The molecular weight excluding hydrogens is 646 g/mol. The van der Waals surface area contributed by atoms with Crippen molar-refractivity contribution in [1.29, 1.82) is 0 Å². The summed E-state index contributed by atoms with van der Waals surface area (Å²) in [5.41, 5.74) is 0.315. The standard InChI is InChI=1S/C35H29F4N5O5/c1-33(32(40)46)19-49-30-26(33)16-27(42-29(30)20-11-13-22(36)14-12-20)34(47,35(37,38)39)18-41-31(45)25-17-44(23-8-4-3-5-9-23)43-28(25)21-7-6-10-24(15-21)48-2/h3-17,47H,18-19H2,1-2H3,(H2,40,46)(H,41,45)/t33-,34-/m0/s1. The normalized spacial score (nSPS) is 16.7. The number of nitrogens with one attached hydrogen (secondary N) is 1. The van der Waals surface area contributed by atoms with Gasteiger partial charge in [0.2, 0.25) is 11.5 Å². The van der Waals surface area contributed by atoms with Crippen molar-refractivity contribution in [2.45, 2.75) is 24.1 Å². The number of pyridine rings is 1. The van der Waals surface area contributed by atoms with Gasteiger partial charge in [-0.3, -0.25) is 9.59 Å². The number of nitrogens with two attached hydrogens (primary N) is 1. The number of hydrogen-bond acceptors (Lipinski definition) is 7. The molecule has 0 aliphatic carbocycles.